The Kier molecular flexibility index (Phi) is 7.01. The number of alkyl halides is 1. The van der Waals surface area contributed by atoms with Crippen LogP contribution in [0, 0.1) is 17.3 Å². The topological polar surface area (TPSA) is 138 Å². The molecule has 0 aromatic rings. The van der Waals surface area contributed by atoms with Crippen LogP contribution >= 0.6 is 11.6 Å². The summed E-state index contributed by atoms with van der Waals surface area (Å²) in [7, 11) is 0. The molecule has 0 aromatic heterocycles. The number of carbonyl (C=O) groups is 4. The molecule has 2 saturated heterocycles. The lowest BCUT2D eigenvalue weighted by atomic mass is 9.53. The highest BCUT2D eigenvalue weighted by atomic mass is 35.5. The minimum atomic E-state index is -2.12. The normalized spacial score (nSPS) is 45.6. The van der Waals surface area contributed by atoms with E-state index >= 15 is 0 Å². The summed E-state index contributed by atoms with van der Waals surface area (Å²) in [6.07, 6.45) is -0.716. The van der Waals surface area contributed by atoms with Crippen LogP contribution in [0.4, 0.5) is 0 Å². The van der Waals surface area contributed by atoms with Crippen molar-refractivity contribution in [1.82, 2.24) is 0 Å². The van der Waals surface area contributed by atoms with Crippen LogP contribution < -0.4 is 0 Å². The molecular formula is C26H33ClO10. The van der Waals surface area contributed by atoms with Gasteiger partial charge in [0.15, 0.2) is 11.7 Å². The third-order valence-corrected chi connectivity index (χ3v) is 8.90. The first-order chi connectivity index (χ1) is 17.2. The molecule has 37 heavy (non-hydrogen) atoms. The van der Waals surface area contributed by atoms with Gasteiger partial charge in [-0.2, -0.15) is 0 Å². The SMILES string of the molecule is C=C1/C=C/[C@@H](OC(C)=O)[C@]2(C)[C@@H](OC(C)=O)CC[C@]3(CO3)[C@@H]2[C@@H](OC(C)=O)[C@]2(O)[C@H](C)C(=O)O[C@@H]2[C@H]1Cl. The summed E-state index contributed by atoms with van der Waals surface area (Å²) < 4.78 is 29.0. The van der Waals surface area contributed by atoms with Crippen LogP contribution in [-0.2, 0) is 42.9 Å². The Morgan fingerprint density at radius 1 is 1.14 bits per heavy atom. The molecule has 0 unspecified atom stereocenters. The lowest BCUT2D eigenvalue weighted by Crippen LogP contribution is -2.70. The molecule has 204 valence electrons. The third-order valence-electron chi connectivity index (χ3n) is 8.39. The minimum Gasteiger partial charge on any atom is -0.462 e. The van der Waals surface area contributed by atoms with E-state index in [0.29, 0.717) is 12.8 Å². The highest BCUT2D eigenvalue weighted by Gasteiger charge is 2.75. The van der Waals surface area contributed by atoms with E-state index in [9.17, 15) is 24.3 Å². The van der Waals surface area contributed by atoms with E-state index in [1.165, 1.54) is 33.8 Å². The van der Waals surface area contributed by atoms with Gasteiger partial charge in [0.05, 0.1) is 28.9 Å². The molecule has 2 aliphatic carbocycles. The highest BCUT2D eigenvalue weighted by molar-refractivity contribution is 6.23. The number of epoxide rings is 1. The maximum atomic E-state index is 12.9. The molecule has 4 rings (SSSR count). The number of ether oxygens (including phenoxy) is 5. The molecule has 0 amide bonds. The van der Waals surface area contributed by atoms with Crippen LogP contribution in [-0.4, -0.2) is 76.6 Å². The van der Waals surface area contributed by atoms with Gasteiger partial charge in [-0.1, -0.05) is 19.6 Å². The van der Waals surface area contributed by atoms with Gasteiger partial charge < -0.3 is 28.8 Å². The second-order valence-electron chi connectivity index (χ2n) is 10.7. The zero-order chi connectivity index (χ0) is 27.5. The number of carbonyl (C=O) groups excluding carboxylic acids is 4. The largest absolute Gasteiger partial charge is 0.462 e. The Bertz CT molecular complexity index is 1050. The monoisotopic (exact) mass is 540 g/mol. The van der Waals surface area contributed by atoms with E-state index < -0.39 is 82.1 Å². The quantitative estimate of drug-likeness (QED) is 0.245. The third kappa shape index (κ3) is 4.36. The number of halogens is 1. The predicted molar refractivity (Wildman–Crippen MR) is 128 cm³/mol. The van der Waals surface area contributed by atoms with Gasteiger partial charge >= 0.3 is 23.9 Å². The summed E-state index contributed by atoms with van der Waals surface area (Å²) in [6.45, 7) is 11.1. The van der Waals surface area contributed by atoms with E-state index in [1.807, 2.05) is 0 Å². The number of hydrogen-bond acceptors (Lipinski definition) is 10. The second kappa shape index (κ2) is 9.39. The number of esters is 4. The Balaban J connectivity index is 2.04. The Hall–Kier alpha value is -2.43. The summed E-state index contributed by atoms with van der Waals surface area (Å²) in [4.78, 5) is 49.9. The van der Waals surface area contributed by atoms with Crippen LogP contribution in [0.3, 0.4) is 0 Å². The summed E-state index contributed by atoms with van der Waals surface area (Å²) in [6, 6.07) is 0. The van der Waals surface area contributed by atoms with E-state index in [-0.39, 0.29) is 12.2 Å². The summed E-state index contributed by atoms with van der Waals surface area (Å²) in [5.41, 5.74) is -4.05. The molecule has 0 radical (unpaired) electrons. The van der Waals surface area contributed by atoms with Crippen molar-refractivity contribution in [3.63, 3.8) is 0 Å². The average Bonchev–Trinajstić information content (AvgIpc) is 3.53. The summed E-state index contributed by atoms with van der Waals surface area (Å²) >= 11 is 6.70. The fourth-order valence-electron chi connectivity index (χ4n) is 6.49. The number of aliphatic hydroxyl groups is 1. The second-order valence-corrected chi connectivity index (χ2v) is 11.2. The van der Waals surface area contributed by atoms with Crippen molar-refractivity contribution in [2.45, 2.75) is 88.5 Å². The maximum Gasteiger partial charge on any atom is 0.312 e. The van der Waals surface area contributed by atoms with E-state index in [2.05, 4.69) is 6.58 Å². The van der Waals surface area contributed by atoms with Crippen LogP contribution in [0.25, 0.3) is 0 Å². The van der Waals surface area contributed by atoms with Crippen molar-refractivity contribution < 1.29 is 48.0 Å². The molecule has 2 heterocycles. The van der Waals surface area contributed by atoms with E-state index in [4.69, 9.17) is 35.3 Å². The number of rotatable bonds is 3. The molecule has 1 spiro atoms. The molecule has 10 nitrogen and oxygen atoms in total. The van der Waals surface area contributed by atoms with Gasteiger partial charge in [-0.15, -0.1) is 11.6 Å². The predicted octanol–water partition coefficient (Wildman–Crippen LogP) is 1.99. The van der Waals surface area contributed by atoms with Crippen molar-refractivity contribution >= 4 is 35.5 Å². The molecule has 0 bridgehead atoms. The Morgan fingerprint density at radius 3 is 2.27 bits per heavy atom. The Morgan fingerprint density at radius 2 is 1.73 bits per heavy atom. The average molecular weight is 541 g/mol. The molecule has 11 heteroatoms. The van der Waals surface area contributed by atoms with Crippen LogP contribution in [0.5, 0.6) is 0 Å². The van der Waals surface area contributed by atoms with Crippen molar-refractivity contribution in [3.05, 3.63) is 24.3 Å². The lowest BCUT2D eigenvalue weighted by molar-refractivity contribution is -0.238. The van der Waals surface area contributed by atoms with Gasteiger partial charge in [0, 0.05) is 26.7 Å². The maximum absolute atomic E-state index is 12.9. The van der Waals surface area contributed by atoms with E-state index in [1.54, 1.807) is 13.0 Å². The molecule has 10 atom stereocenters. The van der Waals surface area contributed by atoms with Crippen molar-refractivity contribution in [2.24, 2.45) is 17.3 Å². The molecular weight excluding hydrogens is 508 g/mol. The first-order valence-corrected chi connectivity index (χ1v) is 12.7. The van der Waals surface area contributed by atoms with Crippen LogP contribution in [0.2, 0.25) is 0 Å². The first-order valence-electron chi connectivity index (χ1n) is 12.3. The van der Waals surface area contributed by atoms with Gasteiger partial charge in [0.25, 0.3) is 0 Å². The minimum absolute atomic E-state index is 0.259. The number of fused-ring (bicyclic) bond motifs is 3. The molecule has 1 N–H and O–H groups in total. The summed E-state index contributed by atoms with van der Waals surface area (Å²) in [5.74, 6) is -4.66. The number of allylic oxidation sites excluding steroid dienone is 1. The van der Waals surface area contributed by atoms with E-state index in [0.717, 1.165) is 0 Å². The zero-order valence-electron chi connectivity index (χ0n) is 21.5. The molecule has 3 fully saturated rings. The fourth-order valence-corrected chi connectivity index (χ4v) is 6.82. The smallest absolute Gasteiger partial charge is 0.312 e. The van der Waals surface area contributed by atoms with Gasteiger partial charge in [-0.25, -0.2) is 0 Å². The lowest BCUT2D eigenvalue weighted by Gasteiger charge is -2.56. The van der Waals surface area contributed by atoms with Gasteiger partial charge in [-0.05, 0) is 31.4 Å². The zero-order valence-corrected chi connectivity index (χ0v) is 22.3. The van der Waals surface area contributed by atoms with Crippen LogP contribution in [0.15, 0.2) is 24.3 Å². The van der Waals surface area contributed by atoms with Crippen LogP contribution in [0.1, 0.15) is 47.5 Å². The van der Waals surface area contributed by atoms with Gasteiger partial charge in [-0.3, -0.25) is 19.2 Å². The van der Waals surface area contributed by atoms with Crippen molar-refractivity contribution in [2.75, 3.05) is 6.61 Å². The fraction of sp³-hybridized carbons (Fsp3) is 0.692. The number of hydrogen-bond donors (Lipinski definition) is 1. The molecule has 1 saturated carbocycles. The van der Waals surface area contributed by atoms with Gasteiger partial charge in [0.2, 0.25) is 0 Å². The molecule has 2 aliphatic heterocycles. The van der Waals surface area contributed by atoms with Crippen molar-refractivity contribution in [1.29, 1.82) is 0 Å². The molecule has 0 aromatic carbocycles. The first kappa shape index (κ1) is 27.6. The van der Waals surface area contributed by atoms with Gasteiger partial charge in [0.1, 0.15) is 18.3 Å². The summed E-state index contributed by atoms with van der Waals surface area (Å²) in [5, 5.41) is 11.3. The standard InChI is InChI=1S/C26H33ClO10/c1-12-7-8-17(34-14(3)28)24(6)18(35-15(4)29)9-10-25(11-33-25)20(24)22(36-16(5)30)26(32)13(2)23(31)37-21(26)19(12)27/h7-8,13,17-22,32H,1,9-11H2,2-6H3/b8-7+/t13-,17-,18+,19+,20-,21-,22-,24-,25+,26+/m1/s1. The highest BCUT2D eigenvalue weighted by Crippen LogP contribution is 2.62. The Labute approximate surface area is 220 Å². The van der Waals surface area contributed by atoms with Crippen molar-refractivity contribution in [3.8, 4) is 0 Å². The molecule has 4 aliphatic rings.